The summed E-state index contributed by atoms with van der Waals surface area (Å²) in [6.45, 7) is 5.77. The average molecular weight is 733 g/mol. The van der Waals surface area contributed by atoms with Crippen LogP contribution in [0.15, 0.2) is 30.4 Å². The number of rotatable bonds is 5. The molecule has 3 aliphatic heterocycles. The van der Waals surface area contributed by atoms with Gasteiger partial charge in [0.25, 0.3) is 5.91 Å². The molecule has 3 fully saturated rings. The van der Waals surface area contributed by atoms with Crippen molar-refractivity contribution in [2.45, 2.75) is 107 Å². The molecule has 5 aliphatic rings. The van der Waals surface area contributed by atoms with E-state index in [4.69, 9.17) is 9.47 Å². The Morgan fingerprint density at radius 3 is 2.55 bits per heavy atom. The first-order chi connectivity index (χ1) is 24.1. The molecule has 2 aliphatic carbocycles. The number of alkyl carbamates (subject to hydrolysis) is 1. The summed E-state index contributed by atoms with van der Waals surface area (Å²) >= 11 is 0. The molecular weight excluding hydrogens is 687 g/mol. The summed E-state index contributed by atoms with van der Waals surface area (Å²) in [5.41, 5.74) is -1.40. The smallest absolute Gasteiger partial charge is 0.410 e. The topological polar surface area (TPSA) is 193 Å². The normalized spacial score (nSPS) is 28.9. The van der Waals surface area contributed by atoms with E-state index in [1.54, 1.807) is 39.0 Å². The van der Waals surface area contributed by atoms with Crippen LogP contribution in [0.3, 0.4) is 0 Å². The summed E-state index contributed by atoms with van der Waals surface area (Å²) in [5.74, 6) is -3.17. The maximum absolute atomic E-state index is 14.4. The van der Waals surface area contributed by atoms with Crippen LogP contribution in [0, 0.1) is 11.7 Å². The molecule has 1 saturated heterocycles. The van der Waals surface area contributed by atoms with Crippen molar-refractivity contribution in [2.24, 2.45) is 5.92 Å². The third-order valence-electron chi connectivity index (χ3n) is 9.72. The van der Waals surface area contributed by atoms with Gasteiger partial charge in [0.05, 0.1) is 18.3 Å². The van der Waals surface area contributed by atoms with E-state index in [0.29, 0.717) is 43.5 Å². The van der Waals surface area contributed by atoms with Crippen molar-refractivity contribution < 1.29 is 46.3 Å². The lowest BCUT2D eigenvalue weighted by Crippen LogP contribution is -2.58. The third-order valence-corrected chi connectivity index (χ3v) is 11.5. The highest BCUT2D eigenvalue weighted by Gasteiger charge is 2.62. The summed E-state index contributed by atoms with van der Waals surface area (Å²) in [5, 5.41) is 7.95. The minimum atomic E-state index is -3.93. The lowest BCUT2D eigenvalue weighted by Gasteiger charge is -2.30. The van der Waals surface area contributed by atoms with Gasteiger partial charge in [-0.05, 0) is 77.6 Å². The summed E-state index contributed by atoms with van der Waals surface area (Å²) in [6.07, 6.45) is 2.62. The molecule has 0 bridgehead atoms. The van der Waals surface area contributed by atoms with E-state index in [9.17, 15) is 36.8 Å². The highest BCUT2D eigenvalue weighted by Crippen LogP contribution is 2.46. The van der Waals surface area contributed by atoms with Gasteiger partial charge in [-0.3, -0.25) is 24.0 Å². The van der Waals surface area contributed by atoms with E-state index >= 15 is 0 Å². The van der Waals surface area contributed by atoms with Crippen molar-refractivity contribution in [3.63, 3.8) is 0 Å². The molecule has 3 heterocycles. The number of ether oxygens (including phenoxy) is 2. The fraction of sp³-hybridized carbons (Fsp3) is 0.618. The zero-order valence-corrected chi connectivity index (χ0v) is 29.7. The molecule has 15 nitrogen and oxygen atoms in total. The summed E-state index contributed by atoms with van der Waals surface area (Å²) in [7, 11) is -3.93. The van der Waals surface area contributed by atoms with Gasteiger partial charge in [-0.1, -0.05) is 24.3 Å². The Kier molecular flexibility index (Phi) is 10.1. The van der Waals surface area contributed by atoms with Crippen molar-refractivity contribution >= 4 is 39.9 Å². The maximum atomic E-state index is 14.4. The highest BCUT2D eigenvalue weighted by atomic mass is 32.2. The van der Waals surface area contributed by atoms with Crippen LogP contribution in [0.5, 0.6) is 0 Å². The second-order valence-corrected chi connectivity index (χ2v) is 16.8. The molecule has 51 heavy (non-hydrogen) atoms. The number of amides is 5. The number of nitrogens with zero attached hydrogens (tertiary/aromatic N) is 2. The van der Waals surface area contributed by atoms with Gasteiger partial charge < -0.3 is 30.3 Å². The number of fused-ring (bicyclic) bond motifs is 3. The van der Waals surface area contributed by atoms with Gasteiger partial charge in [-0.15, -0.1) is 0 Å². The molecule has 0 radical (unpaired) electrons. The number of halogens is 1. The fourth-order valence-electron chi connectivity index (χ4n) is 6.79. The summed E-state index contributed by atoms with van der Waals surface area (Å²) < 4.78 is 53.2. The number of sulfonamides is 1. The Balaban J connectivity index is 1.25. The molecule has 5 atom stereocenters. The summed E-state index contributed by atoms with van der Waals surface area (Å²) in [4.78, 5) is 70.7. The van der Waals surface area contributed by atoms with Crippen molar-refractivity contribution in [1.82, 2.24) is 30.5 Å². The van der Waals surface area contributed by atoms with E-state index < -0.39 is 86.2 Å². The van der Waals surface area contributed by atoms with Crippen molar-refractivity contribution in [3.05, 3.63) is 47.3 Å². The SMILES string of the molecule is CC(C)(C)OC(=O)N[C@H]1CCNCC/C=C\[C@@H]2C[C@@]2(C(=O)NS(=O)(=O)C2CC2)NC(=O)C2C[C@@H](OC(=O)N3Cc4cccc(F)c4C3)CN2C1=O. The van der Waals surface area contributed by atoms with Crippen LogP contribution in [0.25, 0.3) is 0 Å². The second kappa shape index (κ2) is 14.1. The Hall–Kier alpha value is -4.25. The number of hydrogen-bond donors (Lipinski definition) is 4. The van der Waals surface area contributed by atoms with Gasteiger partial charge in [0.15, 0.2) is 0 Å². The van der Waals surface area contributed by atoms with Crippen molar-refractivity contribution in [3.8, 4) is 0 Å². The van der Waals surface area contributed by atoms with E-state index in [1.807, 2.05) is 6.08 Å². The van der Waals surface area contributed by atoms with Crippen molar-refractivity contribution in [1.29, 1.82) is 0 Å². The molecule has 17 heteroatoms. The molecule has 5 amide bonds. The van der Waals surface area contributed by atoms with Crippen molar-refractivity contribution in [2.75, 3.05) is 19.6 Å². The first-order valence-corrected chi connectivity index (χ1v) is 18.9. The van der Waals surface area contributed by atoms with Gasteiger partial charge in [0, 0.05) is 24.4 Å². The molecule has 2 saturated carbocycles. The van der Waals surface area contributed by atoms with E-state index in [0.717, 1.165) is 0 Å². The number of benzene rings is 1. The number of hydrogen-bond acceptors (Lipinski definition) is 10. The zero-order chi connectivity index (χ0) is 36.7. The number of nitrogens with one attached hydrogen (secondary N) is 4. The minimum absolute atomic E-state index is 0.00863. The average Bonchev–Trinajstić information content (AvgIpc) is 3.93. The monoisotopic (exact) mass is 732 g/mol. The van der Waals surface area contributed by atoms with E-state index in [-0.39, 0.29) is 38.9 Å². The van der Waals surface area contributed by atoms with Crippen LogP contribution in [-0.2, 0) is 47.0 Å². The van der Waals surface area contributed by atoms with Crippen LogP contribution >= 0.6 is 0 Å². The molecule has 4 N–H and O–H groups in total. The van der Waals surface area contributed by atoms with Crippen LogP contribution in [0.1, 0.15) is 70.4 Å². The minimum Gasteiger partial charge on any atom is -0.444 e. The highest BCUT2D eigenvalue weighted by molar-refractivity contribution is 7.91. The molecule has 278 valence electrons. The molecular formula is C34H45FN6O9S. The Labute approximate surface area is 296 Å². The molecule has 0 aromatic heterocycles. The van der Waals surface area contributed by atoms with Crippen LogP contribution < -0.4 is 20.7 Å². The van der Waals surface area contributed by atoms with Crippen LogP contribution in [0.2, 0.25) is 0 Å². The number of carbonyl (C=O) groups excluding carboxylic acids is 5. The first kappa shape index (κ1) is 36.5. The van der Waals surface area contributed by atoms with Gasteiger partial charge in [0.2, 0.25) is 21.8 Å². The van der Waals surface area contributed by atoms with E-state index in [1.165, 1.54) is 15.9 Å². The van der Waals surface area contributed by atoms with Gasteiger partial charge in [-0.25, -0.2) is 22.4 Å². The van der Waals surface area contributed by atoms with Gasteiger partial charge in [0.1, 0.15) is 35.1 Å². The predicted molar refractivity (Wildman–Crippen MR) is 180 cm³/mol. The maximum Gasteiger partial charge on any atom is 0.410 e. The molecule has 1 aromatic carbocycles. The Bertz CT molecular complexity index is 1730. The summed E-state index contributed by atoms with van der Waals surface area (Å²) in [6, 6.07) is 2.20. The standard InChI is InChI=1S/C34H45FN6O9S/c1-33(2,3)50-31(45)37-26-12-14-36-13-5-4-8-21-16-34(21,30(44)39-51(47,48)23-10-11-23)38-28(42)27-15-22(18-41(27)29(26)43)49-32(46)40-17-20-7-6-9-25(35)24(20)19-40/h4,6-9,21-23,26-27,36H,5,10-19H2,1-3H3,(H,37,45)(H,38,42)(H,39,44)/b8-4-/t21-,22-,26+,27?,34-/m1/s1. The quantitative estimate of drug-likeness (QED) is 0.323. The largest absolute Gasteiger partial charge is 0.444 e. The molecule has 1 unspecified atom stereocenters. The van der Waals surface area contributed by atoms with Crippen LogP contribution in [-0.4, -0.2) is 102 Å². The zero-order valence-electron chi connectivity index (χ0n) is 28.9. The van der Waals surface area contributed by atoms with Gasteiger partial charge >= 0.3 is 12.2 Å². The lowest BCUT2D eigenvalue weighted by atomic mass is 10.1. The van der Waals surface area contributed by atoms with Crippen LogP contribution in [0.4, 0.5) is 14.0 Å². The first-order valence-electron chi connectivity index (χ1n) is 17.3. The second-order valence-electron chi connectivity index (χ2n) is 14.9. The lowest BCUT2D eigenvalue weighted by molar-refractivity contribution is -0.141. The molecule has 1 aromatic rings. The van der Waals surface area contributed by atoms with Gasteiger partial charge in [-0.2, -0.15) is 0 Å². The predicted octanol–water partition coefficient (Wildman–Crippen LogP) is 1.56. The number of carbonyl (C=O) groups is 5. The molecule has 6 rings (SSSR count). The fourth-order valence-corrected chi connectivity index (χ4v) is 8.16. The molecule has 0 spiro atoms. The Morgan fingerprint density at radius 1 is 1.08 bits per heavy atom. The Morgan fingerprint density at radius 2 is 1.84 bits per heavy atom. The third kappa shape index (κ3) is 8.29. The van der Waals surface area contributed by atoms with E-state index in [2.05, 4.69) is 20.7 Å².